The predicted molar refractivity (Wildman–Crippen MR) is 68.0 cm³/mol. The Labute approximate surface area is 108 Å². The van der Waals surface area contributed by atoms with Crippen molar-refractivity contribution in [2.24, 2.45) is 0 Å². The van der Waals surface area contributed by atoms with Crippen LogP contribution in [0.15, 0.2) is 24.3 Å². The van der Waals surface area contributed by atoms with Gasteiger partial charge in [0.1, 0.15) is 6.10 Å². The van der Waals surface area contributed by atoms with E-state index in [1.165, 1.54) is 19.3 Å². The number of aliphatic hydroxyl groups is 2. The van der Waals surface area contributed by atoms with E-state index in [-0.39, 0.29) is 18.5 Å². The Kier molecular flexibility index (Phi) is 4.95. The molecule has 0 bridgehead atoms. The minimum atomic E-state index is -0.792. The minimum absolute atomic E-state index is 0.000908. The topological polar surface area (TPSA) is 58.9 Å². The van der Waals surface area contributed by atoms with Crippen molar-refractivity contribution < 1.29 is 19.7 Å². The van der Waals surface area contributed by atoms with E-state index in [2.05, 4.69) is 0 Å². The van der Waals surface area contributed by atoms with Crippen LogP contribution >= 0.6 is 0 Å². The molecular weight excluding hydrogens is 232 g/mol. The molecule has 0 aromatic carbocycles. The SMILES string of the molecule is OC[C@@H](O)/C=C\C=C/[C@H]1COC2(CCCCC2)O1. The fraction of sp³-hybridized carbons (Fsp3) is 0.714. The van der Waals surface area contributed by atoms with Gasteiger partial charge in [0.15, 0.2) is 5.79 Å². The Bertz CT molecular complexity index is 305. The Morgan fingerprint density at radius 3 is 2.72 bits per heavy atom. The Morgan fingerprint density at radius 1 is 1.22 bits per heavy atom. The molecule has 2 rings (SSSR count). The molecule has 2 fully saturated rings. The summed E-state index contributed by atoms with van der Waals surface area (Å²) in [7, 11) is 0. The van der Waals surface area contributed by atoms with Crippen molar-refractivity contribution in [3.05, 3.63) is 24.3 Å². The Morgan fingerprint density at radius 2 is 2.00 bits per heavy atom. The minimum Gasteiger partial charge on any atom is -0.393 e. The molecule has 0 aromatic rings. The van der Waals surface area contributed by atoms with Crippen LogP contribution in [0, 0.1) is 0 Å². The second-order valence-corrected chi connectivity index (χ2v) is 4.96. The van der Waals surface area contributed by atoms with Gasteiger partial charge >= 0.3 is 0 Å². The maximum absolute atomic E-state index is 9.12. The van der Waals surface area contributed by atoms with Crippen LogP contribution in [0.25, 0.3) is 0 Å². The van der Waals surface area contributed by atoms with Gasteiger partial charge in [-0.25, -0.2) is 0 Å². The van der Waals surface area contributed by atoms with Crippen molar-refractivity contribution in [3.63, 3.8) is 0 Å². The molecule has 102 valence electrons. The average molecular weight is 254 g/mol. The first-order chi connectivity index (χ1) is 8.74. The van der Waals surface area contributed by atoms with E-state index < -0.39 is 6.10 Å². The maximum Gasteiger partial charge on any atom is 0.169 e. The molecule has 18 heavy (non-hydrogen) atoms. The molecule has 4 heteroatoms. The van der Waals surface area contributed by atoms with Crippen LogP contribution < -0.4 is 0 Å². The summed E-state index contributed by atoms with van der Waals surface area (Å²) < 4.78 is 11.8. The molecule has 1 saturated carbocycles. The molecule has 0 radical (unpaired) electrons. The van der Waals surface area contributed by atoms with Gasteiger partial charge in [0.25, 0.3) is 0 Å². The van der Waals surface area contributed by atoms with Gasteiger partial charge in [0.2, 0.25) is 0 Å². The molecule has 1 aliphatic carbocycles. The lowest BCUT2D eigenvalue weighted by atomic mass is 9.94. The zero-order chi connectivity index (χ0) is 12.8. The third kappa shape index (κ3) is 3.65. The van der Waals surface area contributed by atoms with Gasteiger partial charge in [-0.15, -0.1) is 0 Å². The smallest absolute Gasteiger partial charge is 0.169 e. The first-order valence-corrected chi connectivity index (χ1v) is 6.70. The second kappa shape index (κ2) is 6.48. The van der Waals surface area contributed by atoms with Crippen molar-refractivity contribution >= 4 is 0 Å². The second-order valence-electron chi connectivity index (χ2n) is 4.96. The highest BCUT2D eigenvalue weighted by Crippen LogP contribution is 2.37. The van der Waals surface area contributed by atoms with E-state index in [0.717, 1.165) is 12.8 Å². The third-order valence-electron chi connectivity index (χ3n) is 3.45. The van der Waals surface area contributed by atoms with E-state index in [9.17, 15) is 0 Å². The van der Waals surface area contributed by atoms with Crippen LogP contribution in [0.1, 0.15) is 32.1 Å². The van der Waals surface area contributed by atoms with E-state index in [1.54, 1.807) is 12.2 Å². The largest absolute Gasteiger partial charge is 0.393 e. The quantitative estimate of drug-likeness (QED) is 0.747. The van der Waals surface area contributed by atoms with Gasteiger partial charge in [-0.3, -0.25) is 0 Å². The van der Waals surface area contributed by atoms with Crippen molar-refractivity contribution in [2.45, 2.75) is 50.1 Å². The monoisotopic (exact) mass is 254 g/mol. The Balaban J connectivity index is 1.78. The number of rotatable bonds is 4. The first kappa shape index (κ1) is 13.7. The lowest BCUT2D eigenvalue weighted by Gasteiger charge is -2.31. The highest BCUT2D eigenvalue weighted by atomic mass is 16.7. The van der Waals surface area contributed by atoms with Crippen LogP contribution in [-0.4, -0.2) is 41.4 Å². The van der Waals surface area contributed by atoms with Crippen LogP contribution in [-0.2, 0) is 9.47 Å². The number of hydrogen-bond donors (Lipinski definition) is 2. The summed E-state index contributed by atoms with van der Waals surface area (Å²) in [6.07, 6.45) is 11.9. The highest BCUT2D eigenvalue weighted by Gasteiger charge is 2.41. The molecule has 4 nitrogen and oxygen atoms in total. The third-order valence-corrected chi connectivity index (χ3v) is 3.45. The summed E-state index contributed by atoms with van der Waals surface area (Å²) in [6.45, 7) is 0.351. The Hall–Kier alpha value is -0.680. The van der Waals surface area contributed by atoms with Gasteiger partial charge < -0.3 is 19.7 Å². The molecule has 1 aliphatic heterocycles. The van der Waals surface area contributed by atoms with Gasteiger partial charge in [-0.1, -0.05) is 30.7 Å². The van der Waals surface area contributed by atoms with Crippen LogP contribution in [0.4, 0.5) is 0 Å². The van der Waals surface area contributed by atoms with E-state index in [1.807, 2.05) is 12.2 Å². The zero-order valence-electron chi connectivity index (χ0n) is 10.6. The van der Waals surface area contributed by atoms with Crippen molar-refractivity contribution in [1.82, 2.24) is 0 Å². The summed E-state index contributed by atoms with van der Waals surface area (Å²) in [5.74, 6) is -0.332. The highest BCUT2D eigenvalue weighted by molar-refractivity contribution is 5.08. The molecule has 2 aliphatic rings. The summed E-state index contributed by atoms with van der Waals surface area (Å²) in [5, 5.41) is 17.8. The summed E-state index contributed by atoms with van der Waals surface area (Å²) in [6, 6.07) is 0. The molecule has 0 aromatic heterocycles. The molecule has 1 heterocycles. The van der Waals surface area contributed by atoms with E-state index >= 15 is 0 Å². The molecule has 2 atom stereocenters. The fourth-order valence-electron chi connectivity index (χ4n) is 2.47. The summed E-state index contributed by atoms with van der Waals surface area (Å²) in [4.78, 5) is 0. The lowest BCUT2D eigenvalue weighted by Crippen LogP contribution is -2.33. The maximum atomic E-state index is 9.12. The molecule has 2 N–H and O–H groups in total. The van der Waals surface area contributed by atoms with Gasteiger partial charge in [-0.2, -0.15) is 0 Å². The lowest BCUT2D eigenvalue weighted by molar-refractivity contribution is -0.182. The number of ether oxygens (including phenoxy) is 2. The van der Waals surface area contributed by atoms with Crippen LogP contribution in [0.3, 0.4) is 0 Å². The molecule has 1 spiro atoms. The number of aliphatic hydroxyl groups excluding tert-OH is 2. The van der Waals surface area contributed by atoms with Crippen LogP contribution in [0.2, 0.25) is 0 Å². The van der Waals surface area contributed by atoms with Crippen molar-refractivity contribution in [3.8, 4) is 0 Å². The fourth-order valence-corrected chi connectivity index (χ4v) is 2.47. The summed E-state index contributed by atoms with van der Waals surface area (Å²) in [5.41, 5.74) is 0. The number of hydrogen-bond acceptors (Lipinski definition) is 4. The standard InChI is InChI=1S/C14H22O4/c15-10-12(16)6-2-3-7-13-11-17-14(18-13)8-4-1-5-9-14/h2-3,6-7,12-13,15-16H,1,4-5,8-11H2/b6-2-,7-3-/t12-,13-/m0/s1. The van der Waals surface area contributed by atoms with Gasteiger partial charge in [-0.05, 0) is 12.8 Å². The average Bonchev–Trinajstić information content (AvgIpc) is 2.78. The zero-order valence-corrected chi connectivity index (χ0v) is 10.6. The normalized spacial score (nSPS) is 29.6. The molecular formula is C14H22O4. The van der Waals surface area contributed by atoms with E-state index in [4.69, 9.17) is 19.7 Å². The van der Waals surface area contributed by atoms with Crippen molar-refractivity contribution in [1.29, 1.82) is 0 Å². The predicted octanol–water partition coefficient (Wildman–Crippen LogP) is 1.53. The molecule has 0 unspecified atom stereocenters. The van der Waals surface area contributed by atoms with Crippen molar-refractivity contribution in [2.75, 3.05) is 13.2 Å². The van der Waals surface area contributed by atoms with Gasteiger partial charge in [0.05, 0.1) is 19.3 Å². The van der Waals surface area contributed by atoms with Crippen LogP contribution in [0.5, 0.6) is 0 Å². The summed E-state index contributed by atoms with van der Waals surface area (Å²) >= 11 is 0. The first-order valence-electron chi connectivity index (χ1n) is 6.70. The molecule has 0 amide bonds. The number of allylic oxidation sites excluding steroid dienone is 2. The molecule has 1 saturated heterocycles. The van der Waals surface area contributed by atoms with Gasteiger partial charge in [0, 0.05) is 12.8 Å². The van der Waals surface area contributed by atoms with E-state index in [0.29, 0.717) is 6.61 Å².